The van der Waals surface area contributed by atoms with Crippen LogP contribution in [0.2, 0.25) is 0 Å². The molecule has 0 saturated heterocycles. The largest absolute Gasteiger partial charge is 0.478 e. The van der Waals surface area contributed by atoms with E-state index >= 15 is 0 Å². The Morgan fingerprint density at radius 1 is 1.19 bits per heavy atom. The van der Waals surface area contributed by atoms with Gasteiger partial charge in [0.2, 0.25) is 0 Å². The molecule has 86 valence electrons. The fraction of sp³-hybridized carbons (Fsp3) is 0.462. The Morgan fingerprint density at radius 3 is 2.56 bits per heavy atom. The number of rotatable bonds is 2. The van der Waals surface area contributed by atoms with Gasteiger partial charge in [0.05, 0.1) is 11.7 Å². The first kappa shape index (κ1) is 11.1. The molecule has 2 atom stereocenters. The van der Waals surface area contributed by atoms with Gasteiger partial charge in [0.15, 0.2) is 0 Å². The SMILES string of the molecule is O=C(O)c1ccccc1C1CCCCC1O. The van der Waals surface area contributed by atoms with Crippen LogP contribution in [0.15, 0.2) is 24.3 Å². The van der Waals surface area contributed by atoms with E-state index in [9.17, 15) is 9.90 Å². The molecular formula is C13H16O3. The molecule has 16 heavy (non-hydrogen) atoms. The number of carboxylic acid groups (broad SMARTS) is 1. The lowest BCUT2D eigenvalue weighted by Crippen LogP contribution is -2.24. The van der Waals surface area contributed by atoms with Gasteiger partial charge in [-0.25, -0.2) is 4.79 Å². The lowest BCUT2D eigenvalue weighted by Gasteiger charge is -2.28. The van der Waals surface area contributed by atoms with Gasteiger partial charge in [-0.3, -0.25) is 0 Å². The zero-order valence-corrected chi connectivity index (χ0v) is 9.10. The molecule has 0 spiro atoms. The van der Waals surface area contributed by atoms with E-state index in [2.05, 4.69) is 0 Å². The van der Waals surface area contributed by atoms with Crippen molar-refractivity contribution in [3.05, 3.63) is 35.4 Å². The monoisotopic (exact) mass is 220 g/mol. The highest BCUT2D eigenvalue weighted by Gasteiger charge is 2.27. The van der Waals surface area contributed by atoms with E-state index in [0.29, 0.717) is 5.56 Å². The summed E-state index contributed by atoms with van der Waals surface area (Å²) in [5.74, 6) is -0.922. The Labute approximate surface area is 94.7 Å². The first-order chi connectivity index (χ1) is 7.70. The van der Waals surface area contributed by atoms with Crippen molar-refractivity contribution in [3.8, 4) is 0 Å². The van der Waals surface area contributed by atoms with E-state index in [0.717, 1.165) is 31.2 Å². The van der Waals surface area contributed by atoms with Gasteiger partial charge in [-0.15, -0.1) is 0 Å². The third-order valence-corrected chi connectivity index (χ3v) is 3.32. The third-order valence-electron chi connectivity index (χ3n) is 3.32. The van der Waals surface area contributed by atoms with Crippen LogP contribution in [0.4, 0.5) is 0 Å². The fourth-order valence-corrected chi connectivity index (χ4v) is 2.49. The number of benzene rings is 1. The summed E-state index contributed by atoms with van der Waals surface area (Å²) >= 11 is 0. The summed E-state index contributed by atoms with van der Waals surface area (Å²) in [6.07, 6.45) is 3.36. The molecule has 1 aromatic carbocycles. The first-order valence-corrected chi connectivity index (χ1v) is 5.70. The molecule has 1 saturated carbocycles. The van der Waals surface area contributed by atoms with E-state index in [1.807, 2.05) is 12.1 Å². The topological polar surface area (TPSA) is 57.5 Å². The van der Waals surface area contributed by atoms with Crippen LogP contribution in [0.3, 0.4) is 0 Å². The van der Waals surface area contributed by atoms with E-state index in [1.165, 1.54) is 0 Å². The molecule has 2 unspecified atom stereocenters. The number of aliphatic hydroxyl groups is 1. The van der Waals surface area contributed by atoms with E-state index in [1.54, 1.807) is 12.1 Å². The van der Waals surface area contributed by atoms with Crippen molar-refractivity contribution in [1.82, 2.24) is 0 Å². The van der Waals surface area contributed by atoms with Crippen LogP contribution in [-0.2, 0) is 0 Å². The van der Waals surface area contributed by atoms with Gasteiger partial charge in [0, 0.05) is 5.92 Å². The van der Waals surface area contributed by atoms with Crippen LogP contribution >= 0.6 is 0 Å². The molecule has 0 aromatic heterocycles. The minimum atomic E-state index is -0.909. The lowest BCUT2D eigenvalue weighted by molar-refractivity contribution is 0.0689. The number of aliphatic hydroxyl groups excluding tert-OH is 1. The summed E-state index contributed by atoms with van der Waals surface area (Å²) in [6, 6.07) is 6.99. The molecule has 2 N–H and O–H groups in total. The van der Waals surface area contributed by atoms with Crippen LogP contribution in [-0.4, -0.2) is 22.3 Å². The molecule has 0 heterocycles. The number of carboxylic acids is 1. The highest BCUT2D eigenvalue weighted by Crippen LogP contribution is 2.34. The molecular weight excluding hydrogens is 204 g/mol. The maximum absolute atomic E-state index is 11.1. The molecule has 0 amide bonds. The van der Waals surface area contributed by atoms with Gasteiger partial charge in [-0.1, -0.05) is 31.0 Å². The molecule has 1 fully saturated rings. The van der Waals surface area contributed by atoms with Crippen molar-refractivity contribution in [2.45, 2.75) is 37.7 Å². The van der Waals surface area contributed by atoms with Gasteiger partial charge in [-0.2, -0.15) is 0 Å². The van der Waals surface area contributed by atoms with Crippen molar-refractivity contribution >= 4 is 5.97 Å². The molecule has 3 nitrogen and oxygen atoms in total. The summed E-state index contributed by atoms with van der Waals surface area (Å²) < 4.78 is 0. The van der Waals surface area contributed by atoms with Crippen molar-refractivity contribution in [3.63, 3.8) is 0 Å². The maximum Gasteiger partial charge on any atom is 0.335 e. The fourth-order valence-electron chi connectivity index (χ4n) is 2.49. The number of carbonyl (C=O) groups is 1. The van der Waals surface area contributed by atoms with Crippen molar-refractivity contribution in [2.75, 3.05) is 0 Å². The predicted octanol–water partition coefficient (Wildman–Crippen LogP) is 2.40. The Bertz CT molecular complexity index is 387. The Kier molecular flexibility index (Phi) is 3.25. The number of aromatic carboxylic acids is 1. The Hall–Kier alpha value is -1.35. The standard InChI is InChI=1S/C13H16O3/c14-12-8-4-3-6-10(12)9-5-1-2-7-11(9)13(15)16/h1-2,5,7,10,12,14H,3-4,6,8H2,(H,15,16). The van der Waals surface area contributed by atoms with Crippen LogP contribution < -0.4 is 0 Å². The summed E-state index contributed by atoms with van der Waals surface area (Å²) in [5, 5.41) is 19.0. The van der Waals surface area contributed by atoms with Crippen LogP contribution in [0.5, 0.6) is 0 Å². The average molecular weight is 220 g/mol. The third kappa shape index (κ3) is 2.09. The second kappa shape index (κ2) is 4.66. The quantitative estimate of drug-likeness (QED) is 0.804. The summed E-state index contributed by atoms with van der Waals surface area (Å²) in [5.41, 5.74) is 1.11. The Balaban J connectivity index is 2.34. The maximum atomic E-state index is 11.1. The number of hydrogen-bond acceptors (Lipinski definition) is 2. The minimum Gasteiger partial charge on any atom is -0.478 e. The van der Waals surface area contributed by atoms with Gasteiger partial charge in [0.1, 0.15) is 0 Å². The summed E-state index contributed by atoms with van der Waals surface area (Å²) in [7, 11) is 0. The Morgan fingerprint density at radius 2 is 1.88 bits per heavy atom. The zero-order chi connectivity index (χ0) is 11.5. The van der Waals surface area contributed by atoms with Crippen LogP contribution in [0, 0.1) is 0 Å². The van der Waals surface area contributed by atoms with Crippen molar-refractivity contribution < 1.29 is 15.0 Å². The highest BCUT2D eigenvalue weighted by molar-refractivity contribution is 5.89. The molecule has 1 aliphatic carbocycles. The van der Waals surface area contributed by atoms with Gasteiger partial charge in [0.25, 0.3) is 0 Å². The normalized spacial score (nSPS) is 25.3. The van der Waals surface area contributed by atoms with Crippen molar-refractivity contribution in [2.24, 2.45) is 0 Å². The molecule has 1 aromatic rings. The first-order valence-electron chi connectivity index (χ1n) is 5.70. The van der Waals surface area contributed by atoms with Gasteiger partial charge in [-0.05, 0) is 24.5 Å². The van der Waals surface area contributed by atoms with E-state index < -0.39 is 12.1 Å². The minimum absolute atomic E-state index is 0.0129. The van der Waals surface area contributed by atoms with Crippen LogP contribution in [0.1, 0.15) is 47.5 Å². The summed E-state index contributed by atoms with van der Waals surface area (Å²) in [6.45, 7) is 0. The highest BCUT2D eigenvalue weighted by atomic mass is 16.4. The molecule has 3 heteroatoms. The van der Waals surface area contributed by atoms with E-state index in [-0.39, 0.29) is 5.92 Å². The second-order valence-corrected chi connectivity index (χ2v) is 4.35. The molecule has 0 aliphatic heterocycles. The molecule has 0 radical (unpaired) electrons. The molecule has 1 aliphatic rings. The van der Waals surface area contributed by atoms with Crippen LogP contribution in [0.25, 0.3) is 0 Å². The lowest BCUT2D eigenvalue weighted by atomic mass is 9.80. The predicted molar refractivity (Wildman–Crippen MR) is 60.6 cm³/mol. The number of hydrogen-bond donors (Lipinski definition) is 2. The van der Waals surface area contributed by atoms with E-state index in [4.69, 9.17) is 5.11 Å². The van der Waals surface area contributed by atoms with Gasteiger partial charge >= 0.3 is 5.97 Å². The summed E-state index contributed by atoms with van der Waals surface area (Å²) in [4.78, 5) is 11.1. The second-order valence-electron chi connectivity index (χ2n) is 4.35. The van der Waals surface area contributed by atoms with Gasteiger partial charge < -0.3 is 10.2 Å². The smallest absolute Gasteiger partial charge is 0.335 e. The van der Waals surface area contributed by atoms with Crippen molar-refractivity contribution in [1.29, 1.82) is 0 Å². The molecule has 2 rings (SSSR count). The average Bonchev–Trinajstić information content (AvgIpc) is 2.29. The zero-order valence-electron chi connectivity index (χ0n) is 9.10. The molecule has 0 bridgehead atoms.